The van der Waals surface area contributed by atoms with E-state index in [1.165, 1.54) is 17.0 Å². The summed E-state index contributed by atoms with van der Waals surface area (Å²) in [5, 5.41) is 0. The zero-order chi connectivity index (χ0) is 38.0. The van der Waals surface area contributed by atoms with Crippen LogP contribution in [0.25, 0.3) is 22.3 Å². The summed E-state index contributed by atoms with van der Waals surface area (Å²) in [6, 6.07) is 23.6. The SMILES string of the molecule is CCOC(=O)[C@@H]1CC2(CCN(c3cc(O[C@H](c4cc(-c5ccccc5)ccc4-c4ccccc4)C(F)(F)F)nc(N)n3)CC2)CN1C(=O)OC(C)(C)C. The molecule has 0 saturated carbocycles. The largest absolute Gasteiger partial charge is 0.464 e. The third-order valence-corrected chi connectivity index (χ3v) is 9.61. The van der Waals surface area contributed by atoms with E-state index >= 15 is 13.2 Å². The average molecular weight is 732 g/mol. The molecule has 13 heteroatoms. The number of carbonyl (C=O) groups excluding carboxylic acids is 2. The number of amides is 1. The van der Waals surface area contributed by atoms with Crippen molar-refractivity contribution in [3.05, 3.63) is 90.5 Å². The molecule has 3 heterocycles. The van der Waals surface area contributed by atoms with Crippen LogP contribution in [0.3, 0.4) is 0 Å². The lowest BCUT2D eigenvalue weighted by molar-refractivity contribution is -0.198. The van der Waals surface area contributed by atoms with E-state index in [4.69, 9.17) is 19.9 Å². The normalized spacial score (nSPS) is 17.8. The van der Waals surface area contributed by atoms with Gasteiger partial charge in [0.25, 0.3) is 0 Å². The van der Waals surface area contributed by atoms with Crippen molar-refractivity contribution < 1.29 is 37.0 Å². The first kappa shape index (κ1) is 37.4. The molecule has 2 aliphatic heterocycles. The monoisotopic (exact) mass is 731 g/mol. The number of aromatic nitrogens is 2. The number of nitrogen functional groups attached to an aromatic ring is 1. The first-order chi connectivity index (χ1) is 25.1. The van der Waals surface area contributed by atoms with Gasteiger partial charge in [0.05, 0.1) is 6.61 Å². The van der Waals surface area contributed by atoms with E-state index in [0.29, 0.717) is 61.4 Å². The smallest absolute Gasteiger partial charge is 0.429 e. The van der Waals surface area contributed by atoms with E-state index in [9.17, 15) is 9.59 Å². The predicted molar refractivity (Wildman–Crippen MR) is 195 cm³/mol. The summed E-state index contributed by atoms with van der Waals surface area (Å²) in [5.74, 6) is -0.724. The fourth-order valence-electron chi connectivity index (χ4n) is 7.14. The van der Waals surface area contributed by atoms with Crippen molar-refractivity contribution >= 4 is 23.8 Å². The highest BCUT2D eigenvalue weighted by Crippen LogP contribution is 2.46. The van der Waals surface area contributed by atoms with Crippen molar-refractivity contribution in [2.75, 3.05) is 36.9 Å². The van der Waals surface area contributed by atoms with Crippen LogP contribution in [0.1, 0.15) is 58.6 Å². The summed E-state index contributed by atoms with van der Waals surface area (Å²) in [6.07, 6.45) is -6.25. The summed E-state index contributed by atoms with van der Waals surface area (Å²) in [6.45, 7) is 8.37. The Hall–Kier alpha value is -5.33. The molecule has 10 nitrogen and oxygen atoms in total. The van der Waals surface area contributed by atoms with Crippen LogP contribution in [0.5, 0.6) is 5.88 Å². The standard InChI is InChI=1S/C40H44F3N5O5/c1-5-51-35(49)31-24-39(25-48(31)37(50)53-38(2,3)4)18-20-47(21-19-39)32-23-33(46-36(44)45-32)52-34(40(41,42)43)30-22-28(26-12-8-6-9-13-26)16-17-29(30)27-14-10-7-11-15-27/h6-17,22-23,31,34H,5,18-21,24-25H2,1-4H3,(H2,44,45,46)/t31-,34+/m0/s1. The fourth-order valence-corrected chi connectivity index (χ4v) is 7.14. The number of hydrogen-bond acceptors (Lipinski definition) is 9. The number of nitrogens with two attached hydrogens (primary N) is 1. The molecule has 2 atom stereocenters. The quantitative estimate of drug-likeness (QED) is 0.179. The lowest BCUT2D eigenvalue weighted by Crippen LogP contribution is -2.45. The fraction of sp³-hybridized carbons (Fsp3) is 0.400. The number of anilines is 2. The van der Waals surface area contributed by atoms with Crippen LogP contribution in [0.15, 0.2) is 84.9 Å². The first-order valence-corrected chi connectivity index (χ1v) is 17.7. The van der Waals surface area contributed by atoms with Crippen molar-refractivity contribution in [2.45, 2.75) is 70.9 Å². The first-order valence-electron chi connectivity index (χ1n) is 17.7. The molecule has 2 N–H and O–H groups in total. The second-order valence-electron chi connectivity index (χ2n) is 14.6. The van der Waals surface area contributed by atoms with Crippen molar-refractivity contribution in [1.29, 1.82) is 0 Å². The Bertz CT molecular complexity index is 1910. The van der Waals surface area contributed by atoms with E-state index < -0.39 is 41.4 Å². The van der Waals surface area contributed by atoms with Crippen LogP contribution < -0.4 is 15.4 Å². The minimum absolute atomic E-state index is 0.0735. The summed E-state index contributed by atoms with van der Waals surface area (Å²) < 4.78 is 62.0. The van der Waals surface area contributed by atoms with Gasteiger partial charge in [-0.15, -0.1) is 0 Å². The number of rotatable bonds is 8. The molecule has 0 bridgehead atoms. The lowest BCUT2D eigenvalue weighted by Gasteiger charge is -2.39. The number of likely N-dealkylation sites (tertiary alicyclic amines) is 1. The number of nitrogens with zero attached hydrogens (tertiary/aromatic N) is 4. The molecule has 4 aromatic rings. The molecule has 0 radical (unpaired) electrons. The molecule has 0 aliphatic carbocycles. The molecule has 2 fully saturated rings. The molecule has 1 aromatic heterocycles. The van der Waals surface area contributed by atoms with E-state index in [0.717, 1.165) is 5.56 Å². The van der Waals surface area contributed by atoms with Crippen molar-refractivity contribution in [1.82, 2.24) is 14.9 Å². The summed E-state index contributed by atoms with van der Waals surface area (Å²) in [5.41, 5.74) is 7.20. The van der Waals surface area contributed by atoms with Crippen molar-refractivity contribution in [2.24, 2.45) is 5.41 Å². The van der Waals surface area contributed by atoms with Crippen LogP contribution in [-0.2, 0) is 14.3 Å². The Morgan fingerprint density at radius 2 is 1.55 bits per heavy atom. The van der Waals surface area contributed by atoms with Crippen LogP contribution in [0, 0.1) is 5.41 Å². The van der Waals surface area contributed by atoms with Gasteiger partial charge in [0, 0.05) is 31.3 Å². The molecule has 0 unspecified atom stereocenters. The van der Waals surface area contributed by atoms with Gasteiger partial charge >= 0.3 is 18.2 Å². The molecule has 6 rings (SSSR count). The number of hydrogen-bond donors (Lipinski definition) is 1. The molecule has 2 saturated heterocycles. The molecule has 2 aliphatic rings. The Morgan fingerprint density at radius 3 is 2.15 bits per heavy atom. The molecule has 280 valence electrons. The maximum Gasteiger partial charge on any atom is 0.429 e. The Kier molecular flexibility index (Phi) is 10.6. The second-order valence-corrected chi connectivity index (χ2v) is 14.6. The third-order valence-electron chi connectivity index (χ3n) is 9.61. The van der Waals surface area contributed by atoms with Gasteiger partial charge in [-0.1, -0.05) is 72.8 Å². The molecule has 3 aromatic carbocycles. The van der Waals surface area contributed by atoms with Crippen molar-refractivity contribution in [3.63, 3.8) is 0 Å². The number of esters is 1. The minimum Gasteiger partial charge on any atom is -0.464 e. The van der Waals surface area contributed by atoms with Gasteiger partial charge in [-0.2, -0.15) is 23.1 Å². The van der Waals surface area contributed by atoms with Gasteiger partial charge in [-0.3, -0.25) is 4.90 Å². The van der Waals surface area contributed by atoms with Gasteiger partial charge in [0.1, 0.15) is 17.5 Å². The zero-order valence-corrected chi connectivity index (χ0v) is 30.2. The average Bonchev–Trinajstić information content (AvgIpc) is 3.49. The van der Waals surface area contributed by atoms with Gasteiger partial charge in [-0.05, 0) is 80.7 Å². The highest BCUT2D eigenvalue weighted by Gasteiger charge is 2.51. The highest BCUT2D eigenvalue weighted by atomic mass is 19.4. The zero-order valence-electron chi connectivity index (χ0n) is 30.2. The Labute approximate surface area is 307 Å². The van der Waals surface area contributed by atoms with Gasteiger partial charge in [-0.25, -0.2) is 9.59 Å². The lowest BCUT2D eigenvalue weighted by atomic mass is 9.76. The van der Waals surface area contributed by atoms with Crippen molar-refractivity contribution in [3.8, 4) is 28.1 Å². The van der Waals surface area contributed by atoms with Gasteiger partial charge < -0.3 is 24.8 Å². The van der Waals surface area contributed by atoms with E-state index in [1.807, 2.05) is 35.2 Å². The minimum atomic E-state index is -4.83. The summed E-state index contributed by atoms with van der Waals surface area (Å²) in [7, 11) is 0. The highest BCUT2D eigenvalue weighted by molar-refractivity contribution is 5.82. The maximum atomic E-state index is 15.1. The number of carbonyl (C=O) groups is 2. The number of alkyl halides is 3. The van der Waals surface area contributed by atoms with E-state index in [-0.39, 0.29) is 24.0 Å². The van der Waals surface area contributed by atoms with Crippen LogP contribution in [0.4, 0.5) is 29.7 Å². The topological polar surface area (TPSA) is 120 Å². The number of piperidine rings is 1. The molecule has 1 amide bonds. The third kappa shape index (κ3) is 8.66. The van der Waals surface area contributed by atoms with Gasteiger partial charge in [0.2, 0.25) is 17.9 Å². The molecule has 53 heavy (non-hydrogen) atoms. The van der Waals surface area contributed by atoms with E-state index in [1.54, 1.807) is 70.2 Å². The Balaban J connectivity index is 1.26. The summed E-state index contributed by atoms with van der Waals surface area (Å²) in [4.78, 5) is 37.9. The predicted octanol–water partition coefficient (Wildman–Crippen LogP) is 8.23. The second kappa shape index (κ2) is 15.0. The van der Waals surface area contributed by atoms with Crippen LogP contribution >= 0.6 is 0 Å². The molecular formula is C40H44F3N5O5. The molecular weight excluding hydrogens is 687 g/mol. The Morgan fingerprint density at radius 1 is 0.906 bits per heavy atom. The molecule has 1 spiro atoms. The number of benzene rings is 3. The number of halogens is 3. The van der Waals surface area contributed by atoms with Gasteiger partial charge in [0.15, 0.2) is 0 Å². The number of ether oxygens (including phenoxy) is 3. The van der Waals surface area contributed by atoms with Crippen LogP contribution in [-0.4, -0.2) is 71.0 Å². The van der Waals surface area contributed by atoms with E-state index in [2.05, 4.69) is 9.97 Å². The summed E-state index contributed by atoms with van der Waals surface area (Å²) >= 11 is 0. The maximum absolute atomic E-state index is 15.1. The van der Waals surface area contributed by atoms with Crippen LogP contribution in [0.2, 0.25) is 0 Å².